The molecule has 1 heterocycles. The zero-order chi connectivity index (χ0) is 12.3. The zero-order valence-corrected chi connectivity index (χ0v) is 10.0. The first-order valence-electron chi connectivity index (χ1n) is 5.14. The number of aryl methyl sites for hydroxylation is 1. The summed E-state index contributed by atoms with van der Waals surface area (Å²) in [4.78, 5) is 4.07. The molecule has 0 unspecified atom stereocenters. The van der Waals surface area contributed by atoms with Crippen LogP contribution in [0.1, 0.15) is 11.3 Å². The molecular formula is C13H11ClFNO. The molecule has 4 heteroatoms. The van der Waals surface area contributed by atoms with Gasteiger partial charge in [-0.3, -0.25) is 4.98 Å². The van der Waals surface area contributed by atoms with E-state index in [1.165, 1.54) is 6.07 Å². The molecule has 0 radical (unpaired) electrons. The van der Waals surface area contributed by atoms with Crippen LogP contribution < -0.4 is 4.74 Å². The predicted molar refractivity (Wildman–Crippen MR) is 65.0 cm³/mol. The normalized spacial score (nSPS) is 10.3. The van der Waals surface area contributed by atoms with Crippen molar-refractivity contribution in [3.05, 3.63) is 53.6 Å². The number of pyridine rings is 1. The number of hydrogen-bond donors (Lipinski definition) is 0. The smallest absolute Gasteiger partial charge is 0.166 e. The predicted octanol–water partition coefficient (Wildman–Crippen LogP) is 4.06. The standard InChI is InChI=1S/C13H11ClFNO/c1-9-2-4-11(8-16-9)17-13-5-3-10(7-14)6-12(13)15/h2-6,8H,7H2,1H3. The highest BCUT2D eigenvalue weighted by Crippen LogP contribution is 2.25. The molecule has 2 aromatic rings. The average Bonchev–Trinajstić information content (AvgIpc) is 2.34. The van der Waals surface area contributed by atoms with Crippen molar-refractivity contribution in [2.45, 2.75) is 12.8 Å². The van der Waals surface area contributed by atoms with E-state index in [0.29, 0.717) is 5.75 Å². The molecule has 0 aliphatic carbocycles. The molecule has 0 saturated heterocycles. The molecule has 0 amide bonds. The van der Waals surface area contributed by atoms with Gasteiger partial charge in [-0.25, -0.2) is 4.39 Å². The molecule has 0 atom stereocenters. The van der Waals surface area contributed by atoms with E-state index in [4.69, 9.17) is 16.3 Å². The van der Waals surface area contributed by atoms with Crippen molar-refractivity contribution < 1.29 is 9.13 Å². The summed E-state index contributed by atoms with van der Waals surface area (Å²) in [5.41, 5.74) is 1.61. The number of aromatic nitrogens is 1. The van der Waals surface area contributed by atoms with Gasteiger partial charge in [0.15, 0.2) is 11.6 Å². The van der Waals surface area contributed by atoms with Crippen LogP contribution in [0.15, 0.2) is 36.5 Å². The van der Waals surface area contributed by atoms with Crippen LogP contribution in [0.5, 0.6) is 11.5 Å². The molecule has 0 aliphatic rings. The summed E-state index contributed by atoms with van der Waals surface area (Å²) < 4.78 is 19.0. The summed E-state index contributed by atoms with van der Waals surface area (Å²) in [6.45, 7) is 1.87. The third kappa shape index (κ3) is 2.94. The van der Waals surface area contributed by atoms with Crippen LogP contribution in [-0.4, -0.2) is 4.98 Å². The number of rotatable bonds is 3. The number of hydrogen-bond acceptors (Lipinski definition) is 2. The van der Waals surface area contributed by atoms with Crippen molar-refractivity contribution >= 4 is 11.6 Å². The van der Waals surface area contributed by atoms with Gasteiger partial charge >= 0.3 is 0 Å². The molecule has 2 rings (SSSR count). The molecule has 0 saturated carbocycles. The highest BCUT2D eigenvalue weighted by molar-refractivity contribution is 6.17. The number of halogens is 2. The Labute approximate surface area is 104 Å². The van der Waals surface area contributed by atoms with Gasteiger partial charge in [0.1, 0.15) is 5.75 Å². The summed E-state index contributed by atoms with van der Waals surface area (Å²) in [7, 11) is 0. The minimum absolute atomic E-state index is 0.171. The first-order valence-corrected chi connectivity index (χ1v) is 5.67. The van der Waals surface area contributed by atoms with Gasteiger partial charge in [-0.15, -0.1) is 11.6 Å². The number of alkyl halides is 1. The Morgan fingerprint density at radius 2 is 2.12 bits per heavy atom. The van der Waals surface area contributed by atoms with Crippen molar-refractivity contribution in [3.63, 3.8) is 0 Å². The lowest BCUT2D eigenvalue weighted by Crippen LogP contribution is -1.91. The van der Waals surface area contributed by atoms with E-state index in [1.54, 1.807) is 30.5 Å². The molecule has 0 N–H and O–H groups in total. The first kappa shape index (κ1) is 11.9. The van der Waals surface area contributed by atoms with Gasteiger partial charge in [0.05, 0.1) is 6.20 Å². The van der Waals surface area contributed by atoms with Crippen LogP contribution in [0.3, 0.4) is 0 Å². The Balaban J connectivity index is 2.21. The van der Waals surface area contributed by atoms with E-state index in [9.17, 15) is 4.39 Å². The fraction of sp³-hybridized carbons (Fsp3) is 0.154. The molecule has 1 aromatic heterocycles. The third-order valence-electron chi connectivity index (χ3n) is 2.26. The molecule has 0 aliphatic heterocycles. The Kier molecular flexibility index (Phi) is 3.59. The number of nitrogens with zero attached hydrogens (tertiary/aromatic N) is 1. The van der Waals surface area contributed by atoms with E-state index in [1.807, 2.05) is 6.92 Å². The molecule has 17 heavy (non-hydrogen) atoms. The lowest BCUT2D eigenvalue weighted by atomic mass is 10.2. The van der Waals surface area contributed by atoms with Gasteiger partial charge in [0.25, 0.3) is 0 Å². The Hall–Kier alpha value is -1.61. The fourth-order valence-electron chi connectivity index (χ4n) is 1.35. The van der Waals surface area contributed by atoms with Crippen LogP contribution in [0.25, 0.3) is 0 Å². The average molecular weight is 252 g/mol. The highest BCUT2D eigenvalue weighted by Gasteiger charge is 2.05. The molecule has 88 valence electrons. The zero-order valence-electron chi connectivity index (χ0n) is 9.28. The van der Waals surface area contributed by atoms with Gasteiger partial charge in [0, 0.05) is 11.6 Å². The maximum absolute atomic E-state index is 13.6. The topological polar surface area (TPSA) is 22.1 Å². The molecule has 0 bridgehead atoms. The van der Waals surface area contributed by atoms with Gasteiger partial charge in [-0.1, -0.05) is 6.07 Å². The Bertz CT molecular complexity index is 513. The number of benzene rings is 1. The minimum atomic E-state index is -0.427. The van der Waals surface area contributed by atoms with E-state index < -0.39 is 5.82 Å². The lowest BCUT2D eigenvalue weighted by Gasteiger charge is -2.07. The quantitative estimate of drug-likeness (QED) is 0.768. The second-order valence-corrected chi connectivity index (χ2v) is 3.90. The number of ether oxygens (including phenoxy) is 1. The summed E-state index contributed by atoms with van der Waals surface area (Å²) in [6, 6.07) is 8.21. The molecule has 0 spiro atoms. The van der Waals surface area contributed by atoms with Crippen molar-refractivity contribution in [3.8, 4) is 11.5 Å². The third-order valence-corrected chi connectivity index (χ3v) is 2.57. The monoisotopic (exact) mass is 251 g/mol. The van der Waals surface area contributed by atoms with Crippen LogP contribution in [0.2, 0.25) is 0 Å². The molecule has 1 aromatic carbocycles. The second-order valence-electron chi connectivity index (χ2n) is 3.64. The Morgan fingerprint density at radius 1 is 1.29 bits per heavy atom. The SMILES string of the molecule is Cc1ccc(Oc2ccc(CCl)cc2F)cn1. The van der Waals surface area contributed by atoms with Crippen molar-refractivity contribution in [1.29, 1.82) is 0 Å². The second kappa shape index (κ2) is 5.15. The molecule has 2 nitrogen and oxygen atoms in total. The summed E-state index contributed by atoms with van der Waals surface area (Å²) in [5, 5.41) is 0. The van der Waals surface area contributed by atoms with Gasteiger partial charge in [-0.2, -0.15) is 0 Å². The largest absolute Gasteiger partial charge is 0.453 e. The van der Waals surface area contributed by atoms with E-state index in [2.05, 4.69) is 4.98 Å². The first-order chi connectivity index (χ1) is 8.19. The highest BCUT2D eigenvalue weighted by atomic mass is 35.5. The van der Waals surface area contributed by atoms with Crippen molar-refractivity contribution in [2.24, 2.45) is 0 Å². The summed E-state index contributed by atoms with van der Waals surface area (Å²) >= 11 is 5.61. The maximum Gasteiger partial charge on any atom is 0.166 e. The molecular weight excluding hydrogens is 241 g/mol. The summed E-state index contributed by atoms with van der Waals surface area (Å²) in [6.07, 6.45) is 1.56. The van der Waals surface area contributed by atoms with E-state index >= 15 is 0 Å². The van der Waals surface area contributed by atoms with Crippen LogP contribution in [-0.2, 0) is 5.88 Å². The fourth-order valence-corrected chi connectivity index (χ4v) is 1.52. The van der Waals surface area contributed by atoms with Crippen molar-refractivity contribution in [1.82, 2.24) is 4.98 Å². The van der Waals surface area contributed by atoms with Crippen LogP contribution in [0, 0.1) is 12.7 Å². The summed E-state index contributed by atoms with van der Waals surface area (Å²) in [5.74, 6) is 0.532. The van der Waals surface area contributed by atoms with E-state index in [0.717, 1.165) is 11.3 Å². The molecule has 0 fully saturated rings. The lowest BCUT2D eigenvalue weighted by molar-refractivity contribution is 0.440. The minimum Gasteiger partial charge on any atom is -0.453 e. The van der Waals surface area contributed by atoms with Crippen LogP contribution in [0.4, 0.5) is 4.39 Å². The van der Waals surface area contributed by atoms with Gasteiger partial charge in [-0.05, 0) is 36.8 Å². The maximum atomic E-state index is 13.6. The van der Waals surface area contributed by atoms with Gasteiger partial charge < -0.3 is 4.74 Å². The van der Waals surface area contributed by atoms with Gasteiger partial charge in [0.2, 0.25) is 0 Å². The van der Waals surface area contributed by atoms with E-state index in [-0.39, 0.29) is 11.6 Å². The van der Waals surface area contributed by atoms with Crippen LogP contribution >= 0.6 is 11.6 Å². The van der Waals surface area contributed by atoms with Crippen molar-refractivity contribution in [2.75, 3.05) is 0 Å². The Morgan fingerprint density at radius 3 is 2.71 bits per heavy atom.